The van der Waals surface area contributed by atoms with Gasteiger partial charge in [0.15, 0.2) is 0 Å². The molecule has 9 nitrogen and oxygen atoms in total. The molecular formula is C27H30N4O5S. The van der Waals surface area contributed by atoms with Crippen LogP contribution in [0.15, 0.2) is 71.6 Å². The van der Waals surface area contributed by atoms with Gasteiger partial charge in [0.1, 0.15) is 18.1 Å². The number of anilines is 1. The zero-order chi connectivity index (χ0) is 25.8. The van der Waals surface area contributed by atoms with Crippen molar-refractivity contribution >= 4 is 26.6 Å². The van der Waals surface area contributed by atoms with E-state index >= 15 is 0 Å². The smallest absolute Gasteiger partial charge is 0.262 e. The van der Waals surface area contributed by atoms with Gasteiger partial charge in [0.2, 0.25) is 0 Å². The van der Waals surface area contributed by atoms with Crippen molar-refractivity contribution in [1.82, 2.24) is 15.5 Å². The van der Waals surface area contributed by atoms with Crippen molar-refractivity contribution in [2.45, 2.75) is 29.8 Å². The van der Waals surface area contributed by atoms with Crippen LogP contribution >= 0.6 is 0 Å². The van der Waals surface area contributed by atoms with Crippen LogP contribution in [0.1, 0.15) is 36.1 Å². The van der Waals surface area contributed by atoms with Gasteiger partial charge >= 0.3 is 0 Å². The Morgan fingerprint density at radius 2 is 1.92 bits per heavy atom. The predicted molar refractivity (Wildman–Crippen MR) is 142 cm³/mol. The molecule has 0 radical (unpaired) electrons. The van der Waals surface area contributed by atoms with Gasteiger partial charge in [-0.1, -0.05) is 18.2 Å². The van der Waals surface area contributed by atoms with E-state index in [2.05, 4.69) is 26.3 Å². The van der Waals surface area contributed by atoms with Crippen LogP contribution in [0.2, 0.25) is 0 Å². The monoisotopic (exact) mass is 522 g/mol. The molecular weight excluding hydrogens is 492 g/mol. The standard InChI is InChI=1S/C27H30N4O5S/c1-35-21-6-3-7-23(15-21)37(33,34)31-20-5-2-4-19(14-20)26(32)17-28-12-13-36-22-10-11-24-25(16-22)29-30-27(24)18-8-9-18/h2-7,10-11,14-16,18,26,28,31-32H,8-9,12-13,17H2,1H3,(H,29,30)/t26-/m0/s1. The molecule has 1 aromatic heterocycles. The lowest BCUT2D eigenvalue weighted by atomic mass is 10.1. The minimum atomic E-state index is -3.80. The SMILES string of the molecule is COc1cccc(S(=O)(=O)Nc2cccc([C@@H](O)CNCCOc3ccc4c(C5CC5)n[nH]c4c3)c2)c1. The van der Waals surface area contributed by atoms with Crippen LogP contribution in [-0.2, 0) is 10.0 Å². The summed E-state index contributed by atoms with van der Waals surface area (Å²) in [6.45, 7) is 1.26. The highest BCUT2D eigenvalue weighted by molar-refractivity contribution is 7.92. The van der Waals surface area contributed by atoms with Crippen molar-refractivity contribution in [3.63, 3.8) is 0 Å². The Kier molecular flexibility index (Phi) is 7.31. The highest BCUT2D eigenvalue weighted by atomic mass is 32.2. The fourth-order valence-electron chi connectivity index (χ4n) is 4.17. The molecule has 5 rings (SSSR count). The molecule has 4 aromatic rings. The summed E-state index contributed by atoms with van der Waals surface area (Å²) in [5, 5.41) is 22.5. The Hall–Kier alpha value is -3.60. The van der Waals surface area contributed by atoms with Gasteiger partial charge in [-0.05, 0) is 54.8 Å². The largest absolute Gasteiger partial charge is 0.497 e. The van der Waals surface area contributed by atoms with Gasteiger partial charge in [-0.2, -0.15) is 5.10 Å². The third-order valence-corrected chi connectivity index (χ3v) is 7.67. The summed E-state index contributed by atoms with van der Waals surface area (Å²) in [6, 6.07) is 18.9. The normalized spacial score (nSPS) is 14.4. The summed E-state index contributed by atoms with van der Waals surface area (Å²) in [4.78, 5) is 0.0921. The van der Waals surface area contributed by atoms with Crippen LogP contribution in [0.25, 0.3) is 10.9 Å². The Bertz CT molecular complexity index is 1480. The van der Waals surface area contributed by atoms with Gasteiger partial charge in [0, 0.05) is 42.2 Å². The molecule has 0 saturated heterocycles. The first-order chi connectivity index (χ1) is 17.9. The molecule has 37 heavy (non-hydrogen) atoms. The van der Waals surface area contributed by atoms with E-state index in [1.54, 1.807) is 36.4 Å². The minimum Gasteiger partial charge on any atom is -0.497 e. The first-order valence-corrected chi connectivity index (χ1v) is 13.7. The third-order valence-electron chi connectivity index (χ3n) is 6.29. The number of aliphatic hydroxyl groups excluding tert-OH is 1. The fourth-order valence-corrected chi connectivity index (χ4v) is 5.25. The quantitative estimate of drug-likeness (QED) is 0.208. The number of ether oxygens (including phenoxy) is 2. The van der Waals surface area contributed by atoms with Crippen LogP contribution in [-0.4, -0.2) is 50.5 Å². The molecule has 194 valence electrons. The highest BCUT2D eigenvalue weighted by Crippen LogP contribution is 2.42. The number of methoxy groups -OCH3 is 1. The van der Waals surface area contributed by atoms with Crippen LogP contribution in [0.3, 0.4) is 0 Å². The maximum absolute atomic E-state index is 12.8. The maximum Gasteiger partial charge on any atom is 0.262 e. The third kappa shape index (κ3) is 6.04. The summed E-state index contributed by atoms with van der Waals surface area (Å²) in [6.07, 6.45) is 1.60. The van der Waals surface area contributed by atoms with Gasteiger partial charge in [-0.25, -0.2) is 8.42 Å². The summed E-state index contributed by atoms with van der Waals surface area (Å²) in [5.41, 5.74) is 3.08. The van der Waals surface area contributed by atoms with Gasteiger partial charge in [0.05, 0.1) is 29.3 Å². The topological polar surface area (TPSA) is 126 Å². The summed E-state index contributed by atoms with van der Waals surface area (Å²) >= 11 is 0. The zero-order valence-corrected chi connectivity index (χ0v) is 21.3. The van der Waals surface area contributed by atoms with Crippen LogP contribution in [0, 0.1) is 0 Å². The number of hydrogen-bond donors (Lipinski definition) is 4. The number of rotatable bonds is 12. The number of aliphatic hydroxyl groups is 1. The van der Waals surface area contributed by atoms with Crippen molar-refractivity contribution in [3.05, 3.63) is 78.0 Å². The molecule has 1 aliphatic rings. The molecule has 0 aliphatic heterocycles. The number of hydrogen-bond acceptors (Lipinski definition) is 7. The average molecular weight is 523 g/mol. The molecule has 4 N–H and O–H groups in total. The second-order valence-electron chi connectivity index (χ2n) is 9.07. The van der Waals surface area contributed by atoms with Gasteiger partial charge < -0.3 is 19.9 Å². The average Bonchev–Trinajstić information content (AvgIpc) is 3.67. The van der Waals surface area contributed by atoms with Crippen molar-refractivity contribution < 1.29 is 23.0 Å². The first kappa shape index (κ1) is 25.1. The van der Waals surface area contributed by atoms with Crippen LogP contribution < -0.4 is 19.5 Å². The lowest BCUT2D eigenvalue weighted by Crippen LogP contribution is -2.26. The van der Waals surface area contributed by atoms with E-state index in [-0.39, 0.29) is 4.90 Å². The van der Waals surface area contributed by atoms with Crippen molar-refractivity contribution in [1.29, 1.82) is 0 Å². The zero-order valence-electron chi connectivity index (χ0n) is 20.5. The lowest BCUT2D eigenvalue weighted by Gasteiger charge is -2.15. The van der Waals surface area contributed by atoms with Crippen LogP contribution in [0.4, 0.5) is 5.69 Å². The Balaban J connectivity index is 1.11. The number of nitrogens with one attached hydrogen (secondary N) is 3. The number of H-pyrrole nitrogens is 1. The fraction of sp³-hybridized carbons (Fsp3) is 0.296. The first-order valence-electron chi connectivity index (χ1n) is 12.2. The summed E-state index contributed by atoms with van der Waals surface area (Å²) in [5.74, 6) is 1.80. The Morgan fingerprint density at radius 3 is 2.73 bits per heavy atom. The minimum absolute atomic E-state index is 0.0921. The Morgan fingerprint density at radius 1 is 1.08 bits per heavy atom. The van der Waals surface area contributed by atoms with E-state index in [9.17, 15) is 13.5 Å². The second kappa shape index (κ2) is 10.8. The van der Waals surface area contributed by atoms with E-state index in [1.165, 1.54) is 32.1 Å². The number of nitrogens with zero attached hydrogens (tertiary/aromatic N) is 1. The van der Waals surface area contributed by atoms with Crippen LogP contribution in [0.5, 0.6) is 11.5 Å². The molecule has 0 bridgehead atoms. The molecule has 1 aliphatic carbocycles. The van der Waals surface area contributed by atoms with Gasteiger partial charge in [-0.3, -0.25) is 9.82 Å². The van der Waals surface area contributed by atoms with Gasteiger partial charge in [0.25, 0.3) is 10.0 Å². The molecule has 0 unspecified atom stereocenters. The molecule has 1 heterocycles. The summed E-state index contributed by atoms with van der Waals surface area (Å²) in [7, 11) is -2.32. The van der Waals surface area contributed by atoms with Crippen molar-refractivity contribution in [3.8, 4) is 11.5 Å². The second-order valence-corrected chi connectivity index (χ2v) is 10.8. The van der Waals surface area contributed by atoms with E-state index in [4.69, 9.17) is 9.47 Å². The molecule has 0 spiro atoms. The number of aromatic nitrogens is 2. The number of fused-ring (bicyclic) bond motifs is 1. The van der Waals surface area contributed by atoms with Gasteiger partial charge in [-0.15, -0.1) is 0 Å². The van der Waals surface area contributed by atoms with E-state index in [1.807, 2.05) is 12.1 Å². The lowest BCUT2D eigenvalue weighted by molar-refractivity contribution is 0.172. The predicted octanol–water partition coefficient (Wildman–Crippen LogP) is 3.95. The summed E-state index contributed by atoms with van der Waals surface area (Å²) < 4.78 is 39.0. The highest BCUT2D eigenvalue weighted by Gasteiger charge is 2.27. The molecule has 10 heteroatoms. The molecule has 1 fully saturated rings. The number of benzene rings is 3. The molecule has 3 aromatic carbocycles. The van der Waals surface area contributed by atoms with E-state index in [0.29, 0.717) is 42.6 Å². The number of sulfonamides is 1. The molecule has 1 atom stereocenters. The molecule has 1 saturated carbocycles. The molecule has 0 amide bonds. The van der Waals surface area contributed by atoms with Crippen molar-refractivity contribution in [2.24, 2.45) is 0 Å². The Labute approximate surface area is 215 Å². The maximum atomic E-state index is 12.8. The van der Waals surface area contributed by atoms with E-state index in [0.717, 1.165) is 22.3 Å². The van der Waals surface area contributed by atoms with Crippen molar-refractivity contribution in [2.75, 3.05) is 31.5 Å². The number of aromatic amines is 1. The van der Waals surface area contributed by atoms with E-state index < -0.39 is 16.1 Å².